The van der Waals surface area contributed by atoms with Crippen LogP contribution in [-0.2, 0) is 0 Å². The zero-order chi connectivity index (χ0) is 13.9. The molecule has 0 bridgehead atoms. The van der Waals surface area contributed by atoms with E-state index in [9.17, 15) is 5.26 Å². The lowest BCUT2D eigenvalue weighted by atomic mass is 9.77. The first-order valence-electron chi connectivity index (χ1n) is 6.14. The molecule has 1 saturated heterocycles. The predicted octanol–water partition coefficient (Wildman–Crippen LogP) is 2.95. The smallest absolute Gasteiger partial charge is 0.0861 e. The van der Waals surface area contributed by atoms with Gasteiger partial charge in [0.2, 0.25) is 0 Å². The molecule has 2 atom stereocenters. The molecule has 4 nitrogen and oxygen atoms in total. The maximum absolute atomic E-state index is 9.37. The normalized spacial score (nSPS) is 27.1. The lowest BCUT2D eigenvalue weighted by Crippen LogP contribution is -2.44. The van der Waals surface area contributed by atoms with Crippen LogP contribution in [0.25, 0.3) is 0 Å². The third-order valence-electron chi connectivity index (χ3n) is 3.62. The molecule has 102 valence electrons. The van der Waals surface area contributed by atoms with E-state index in [4.69, 9.17) is 16.7 Å². The van der Waals surface area contributed by atoms with Gasteiger partial charge in [-0.2, -0.15) is 5.26 Å². The third-order valence-corrected chi connectivity index (χ3v) is 4.73. The van der Waals surface area contributed by atoms with Gasteiger partial charge in [0, 0.05) is 25.5 Å². The Hall–Kier alpha value is -0.830. The number of pyridine rings is 1. The minimum absolute atomic E-state index is 0.0346. The SMILES string of the molecule is N#CC1(CCO)CCN(c2ccncc2Cl)C(Br)C1. The Morgan fingerprint density at radius 1 is 1.68 bits per heavy atom. The lowest BCUT2D eigenvalue weighted by molar-refractivity contribution is 0.193. The number of hydrogen-bond acceptors (Lipinski definition) is 4. The van der Waals surface area contributed by atoms with Crippen LogP contribution in [0.15, 0.2) is 18.5 Å². The molecule has 0 aromatic carbocycles. The summed E-state index contributed by atoms with van der Waals surface area (Å²) in [6.07, 6.45) is 5.24. The lowest BCUT2D eigenvalue weighted by Gasteiger charge is -2.42. The summed E-state index contributed by atoms with van der Waals surface area (Å²) in [5, 5.41) is 19.1. The summed E-state index contributed by atoms with van der Waals surface area (Å²) in [5.74, 6) is 0. The zero-order valence-electron chi connectivity index (χ0n) is 10.4. The van der Waals surface area contributed by atoms with E-state index in [2.05, 4.69) is 31.9 Å². The maximum atomic E-state index is 9.37. The fraction of sp³-hybridized carbons (Fsp3) is 0.538. The van der Waals surface area contributed by atoms with Crippen LogP contribution in [-0.4, -0.2) is 28.2 Å². The Balaban J connectivity index is 2.18. The quantitative estimate of drug-likeness (QED) is 0.676. The Morgan fingerprint density at radius 3 is 3.05 bits per heavy atom. The molecule has 1 aliphatic heterocycles. The molecular weight excluding hydrogens is 330 g/mol. The Kier molecular flexibility index (Phi) is 4.67. The number of alkyl halides is 1. The van der Waals surface area contributed by atoms with Crippen molar-refractivity contribution in [3.8, 4) is 6.07 Å². The van der Waals surface area contributed by atoms with Crippen molar-refractivity contribution in [1.82, 2.24) is 4.98 Å². The van der Waals surface area contributed by atoms with E-state index in [1.54, 1.807) is 12.4 Å². The molecule has 0 amide bonds. The first-order chi connectivity index (χ1) is 9.12. The largest absolute Gasteiger partial charge is 0.396 e. The second-order valence-corrected chi connectivity index (χ2v) is 6.24. The van der Waals surface area contributed by atoms with Crippen molar-refractivity contribution in [2.45, 2.75) is 24.2 Å². The molecule has 2 heterocycles. The van der Waals surface area contributed by atoms with Gasteiger partial charge in [0.15, 0.2) is 0 Å². The number of nitrogens with zero attached hydrogens (tertiary/aromatic N) is 3. The Morgan fingerprint density at radius 2 is 2.47 bits per heavy atom. The second kappa shape index (κ2) is 6.08. The van der Waals surface area contributed by atoms with E-state index in [0.717, 1.165) is 18.7 Å². The summed E-state index contributed by atoms with van der Waals surface area (Å²) >= 11 is 9.79. The highest BCUT2D eigenvalue weighted by molar-refractivity contribution is 9.09. The molecule has 2 rings (SSSR count). The molecule has 1 aromatic heterocycles. The summed E-state index contributed by atoms with van der Waals surface area (Å²) in [6.45, 7) is 0.774. The van der Waals surface area contributed by atoms with E-state index in [1.807, 2.05) is 6.07 Å². The van der Waals surface area contributed by atoms with Crippen LogP contribution in [0, 0.1) is 16.7 Å². The molecule has 6 heteroatoms. The number of halogens is 2. The molecule has 0 spiro atoms. The highest BCUT2D eigenvalue weighted by Crippen LogP contribution is 2.42. The monoisotopic (exact) mass is 343 g/mol. The molecule has 19 heavy (non-hydrogen) atoms. The van der Waals surface area contributed by atoms with Crippen LogP contribution in [0.2, 0.25) is 5.02 Å². The van der Waals surface area contributed by atoms with Gasteiger partial charge < -0.3 is 10.0 Å². The van der Waals surface area contributed by atoms with E-state index >= 15 is 0 Å². The number of hydrogen-bond donors (Lipinski definition) is 1. The van der Waals surface area contributed by atoms with Gasteiger partial charge in [0.25, 0.3) is 0 Å². The van der Waals surface area contributed by atoms with Crippen LogP contribution in [0.4, 0.5) is 5.69 Å². The van der Waals surface area contributed by atoms with Crippen LogP contribution in [0.3, 0.4) is 0 Å². The zero-order valence-corrected chi connectivity index (χ0v) is 12.7. The molecule has 1 N–H and O–H groups in total. The third kappa shape index (κ3) is 3.02. The van der Waals surface area contributed by atoms with Gasteiger partial charge in [0.05, 0.1) is 27.1 Å². The van der Waals surface area contributed by atoms with Gasteiger partial charge in [-0.25, -0.2) is 0 Å². The van der Waals surface area contributed by atoms with Gasteiger partial charge in [-0.15, -0.1) is 0 Å². The molecule has 2 unspecified atom stereocenters. The first kappa shape index (κ1) is 14.6. The number of aliphatic hydroxyl groups is 1. The standard InChI is InChI=1S/C13H15BrClN3O/c14-12-7-13(9-16,3-6-19)2-5-18(12)11-1-4-17-8-10(11)15/h1,4,8,12,19H,2-3,5-7H2. The second-order valence-electron chi connectivity index (χ2n) is 4.77. The van der Waals surface area contributed by atoms with Gasteiger partial charge in [0.1, 0.15) is 0 Å². The number of rotatable bonds is 3. The predicted molar refractivity (Wildman–Crippen MR) is 78.3 cm³/mol. The highest BCUT2D eigenvalue weighted by atomic mass is 79.9. The average Bonchev–Trinajstić information content (AvgIpc) is 2.40. The molecule has 1 aromatic rings. The Bertz CT molecular complexity index is 493. The van der Waals surface area contributed by atoms with Gasteiger partial charge >= 0.3 is 0 Å². The first-order valence-corrected chi connectivity index (χ1v) is 7.43. The van der Waals surface area contributed by atoms with Gasteiger partial charge in [-0.1, -0.05) is 27.5 Å². The average molecular weight is 345 g/mol. The van der Waals surface area contributed by atoms with Crippen molar-refractivity contribution in [3.05, 3.63) is 23.5 Å². The van der Waals surface area contributed by atoms with Crippen LogP contribution >= 0.6 is 27.5 Å². The fourth-order valence-electron chi connectivity index (χ4n) is 2.48. The van der Waals surface area contributed by atoms with Crippen molar-refractivity contribution in [1.29, 1.82) is 5.26 Å². The number of aliphatic hydroxyl groups excluding tert-OH is 1. The summed E-state index contributed by atoms with van der Waals surface area (Å²) in [4.78, 5) is 6.15. The van der Waals surface area contributed by atoms with E-state index in [0.29, 0.717) is 17.9 Å². The molecule has 1 fully saturated rings. The summed E-state index contributed by atoms with van der Waals surface area (Å²) in [7, 11) is 0. The number of nitriles is 1. The van der Waals surface area contributed by atoms with Crippen molar-refractivity contribution in [3.63, 3.8) is 0 Å². The maximum Gasteiger partial charge on any atom is 0.0861 e. The molecule has 1 aliphatic rings. The van der Waals surface area contributed by atoms with Crippen molar-refractivity contribution >= 4 is 33.2 Å². The fourth-order valence-corrected chi connectivity index (χ4v) is 3.75. The van der Waals surface area contributed by atoms with Crippen LogP contribution in [0.1, 0.15) is 19.3 Å². The number of anilines is 1. The van der Waals surface area contributed by atoms with Crippen molar-refractivity contribution in [2.24, 2.45) is 5.41 Å². The minimum atomic E-state index is -0.446. The summed E-state index contributed by atoms with van der Waals surface area (Å²) < 4.78 is 0. The molecular formula is C13H15BrClN3O. The molecule has 0 saturated carbocycles. The number of aromatic nitrogens is 1. The van der Waals surface area contributed by atoms with Crippen LogP contribution in [0.5, 0.6) is 0 Å². The Labute approximate surface area is 126 Å². The topological polar surface area (TPSA) is 60.1 Å². The van der Waals surface area contributed by atoms with E-state index in [-0.39, 0.29) is 11.6 Å². The van der Waals surface area contributed by atoms with Crippen LogP contribution < -0.4 is 4.90 Å². The number of piperidine rings is 1. The highest BCUT2D eigenvalue weighted by Gasteiger charge is 2.39. The van der Waals surface area contributed by atoms with Gasteiger partial charge in [-0.3, -0.25) is 4.98 Å². The van der Waals surface area contributed by atoms with E-state index < -0.39 is 5.41 Å². The minimum Gasteiger partial charge on any atom is -0.396 e. The van der Waals surface area contributed by atoms with E-state index in [1.165, 1.54) is 0 Å². The summed E-state index contributed by atoms with van der Waals surface area (Å²) in [5.41, 5.74) is 0.480. The van der Waals surface area contributed by atoms with Gasteiger partial charge in [-0.05, 0) is 25.3 Å². The van der Waals surface area contributed by atoms with Crippen molar-refractivity contribution in [2.75, 3.05) is 18.1 Å². The summed E-state index contributed by atoms with van der Waals surface area (Å²) in [6, 6.07) is 4.25. The molecule has 0 aliphatic carbocycles. The van der Waals surface area contributed by atoms with Crippen molar-refractivity contribution < 1.29 is 5.11 Å². The molecule has 0 radical (unpaired) electrons.